The van der Waals surface area contributed by atoms with Crippen LogP contribution in [0.25, 0.3) is 0 Å². The van der Waals surface area contributed by atoms with Crippen molar-refractivity contribution in [3.8, 4) is 0 Å². The van der Waals surface area contributed by atoms with Gasteiger partial charge in [0.15, 0.2) is 0 Å². The number of hydrogen-bond donors (Lipinski definition) is 7. The highest BCUT2D eigenvalue weighted by atomic mass is 16.4. The third kappa shape index (κ3) is 27.1. The van der Waals surface area contributed by atoms with Crippen molar-refractivity contribution in [3.05, 3.63) is 0 Å². The first-order chi connectivity index (χ1) is 24.6. The second-order valence-corrected chi connectivity index (χ2v) is 16.1. The van der Waals surface area contributed by atoms with Crippen molar-refractivity contribution in [1.82, 2.24) is 0 Å². The van der Waals surface area contributed by atoms with Crippen LogP contribution in [0.5, 0.6) is 0 Å². The lowest BCUT2D eigenvalue weighted by Crippen LogP contribution is -2.48. The number of aliphatic hydroxyl groups is 5. The van der Waals surface area contributed by atoms with Crippen LogP contribution in [0.1, 0.15) is 212 Å². The number of aliphatic hydroxyl groups excluding tert-OH is 5. The fourth-order valence-electron chi connectivity index (χ4n) is 7.58. The molecule has 0 fully saturated rings. The Bertz CT molecular complexity index is 749. The van der Waals surface area contributed by atoms with Crippen LogP contribution < -0.4 is 0 Å². The Morgan fingerprint density at radius 2 is 0.667 bits per heavy atom. The van der Waals surface area contributed by atoms with Crippen molar-refractivity contribution in [1.29, 1.82) is 0 Å². The van der Waals surface area contributed by atoms with Gasteiger partial charge in [-0.05, 0) is 51.4 Å². The number of hydrogen-bond acceptors (Lipinski definition) is 7. The van der Waals surface area contributed by atoms with Crippen molar-refractivity contribution in [2.45, 2.75) is 225 Å². The van der Waals surface area contributed by atoms with Gasteiger partial charge in [-0.1, -0.05) is 148 Å². The first-order valence-corrected chi connectivity index (χ1v) is 21.2. The Morgan fingerprint density at radius 1 is 0.412 bits per heavy atom. The van der Waals surface area contributed by atoms with Gasteiger partial charge in [-0.3, -0.25) is 9.59 Å². The molecular weight excluding hydrogens is 648 g/mol. The average molecular weight is 731 g/mol. The summed E-state index contributed by atoms with van der Waals surface area (Å²) in [4.78, 5) is 21.1. The molecule has 51 heavy (non-hydrogen) atoms. The summed E-state index contributed by atoms with van der Waals surface area (Å²) >= 11 is 0. The van der Waals surface area contributed by atoms with Gasteiger partial charge in [0.05, 0.1) is 25.4 Å². The number of carboxylic acid groups (broad SMARTS) is 2. The molecule has 0 aliphatic carbocycles. The fraction of sp³-hybridized carbons (Fsp3) is 0.952. The van der Waals surface area contributed by atoms with E-state index in [4.69, 9.17) is 10.2 Å². The van der Waals surface area contributed by atoms with Crippen LogP contribution in [0.2, 0.25) is 0 Å². The van der Waals surface area contributed by atoms with Crippen LogP contribution in [-0.4, -0.2) is 79.7 Å². The molecule has 7 N–H and O–H groups in total. The highest BCUT2D eigenvalue weighted by Crippen LogP contribution is 2.47. The number of carbonyl (C=O) groups is 2. The molecule has 0 rings (SSSR count). The summed E-state index contributed by atoms with van der Waals surface area (Å²) in [5.41, 5.74) is -1.29. The van der Waals surface area contributed by atoms with Crippen LogP contribution in [-0.2, 0) is 9.59 Å². The molecule has 0 spiro atoms. The highest BCUT2D eigenvalue weighted by molar-refractivity contribution is 5.66. The van der Waals surface area contributed by atoms with E-state index in [-0.39, 0.29) is 44.9 Å². The van der Waals surface area contributed by atoms with E-state index in [1.54, 1.807) is 0 Å². The predicted molar refractivity (Wildman–Crippen MR) is 207 cm³/mol. The summed E-state index contributed by atoms with van der Waals surface area (Å²) in [5, 5.41) is 69.3. The normalized spacial score (nSPS) is 14.4. The van der Waals surface area contributed by atoms with E-state index in [2.05, 4.69) is 0 Å². The molecule has 2 atom stereocenters. The Balaban J connectivity index is 4.14. The lowest BCUT2D eigenvalue weighted by Gasteiger charge is -2.46. The minimum atomic E-state index is -0.755. The lowest BCUT2D eigenvalue weighted by molar-refractivity contribution is -0.138. The third-order valence-corrected chi connectivity index (χ3v) is 11.5. The monoisotopic (exact) mass is 731 g/mol. The summed E-state index contributed by atoms with van der Waals surface area (Å²) in [5.74, 6) is -1.42. The topological polar surface area (TPSA) is 176 Å². The molecule has 0 aliphatic rings. The second-order valence-electron chi connectivity index (χ2n) is 16.1. The smallest absolute Gasteiger partial charge is 0.303 e. The number of unbranched alkanes of at least 4 members (excludes halogenated alkanes) is 20. The van der Waals surface area contributed by atoms with E-state index in [1.807, 2.05) is 6.92 Å². The molecule has 0 radical (unpaired) electrons. The number of rotatable bonds is 40. The molecule has 0 heterocycles. The van der Waals surface area contributed by atoms with E-state index in [0.717, 1.165) is 167 Å². The van der Waals surface area contributed by atoms with Crippen molar-refractivity contribution < 1.29 is 45.3 Å². The molecule has 0 saturated carbocycles. The summed E-state index contributed by atoms with van der Waals surface area (Å²) in [6.45, 7) is 1.50. The van der Waals surface area contributed by atoms with Crippen molar-refractivity contribution in [3.63, 3.8) is 0 Å². The average Bonchev–Trinajstić information content (AvgIpc) is 3.11. The zero-order chi connectivity index (χ0) is 38.1. The van der Waals surface area contributed by atoms with Gasteiger partial charge in [0.1, 0.15) is 0 Å². The van der Waals surface area contributed by atoms with Crippen LogP contribution in [0.4, 0.5) is 0 Å². The third-order valence-electron chi connectivity index (χ3n) is 11.5. The lowest BCUT2D eigenvalue weighted by atomic mass is 9.60. The predicted octanol–water partition coefficient (Wildman–Crippen LogP) is 9.33. The maximum atomic E-state index is 10.6. The van der Waals surface area contributed by atoms with Crippen LogP contribution in [0, 0.1) is 10.8 Å². The molecule has 9 heteroatoms. The summed E-state index contributed by atoms with van der Waals surface area (Å²) in [6.07, 6.45) is 29.8. The zero-order valence-electron chi connectivity index (χ0n) is 32.9. The van der Waals surface area contributed by atoms with Crippen molar-refractivity contribution >= 4 is 11.9 Å². The Labute approximate surface area is 312 Å². The summed E-state index contributed by atoms with van der Waals surface area (Å²) in [6, 6.07) is 0. The Kier molecular flexibility index (Phi) is 32.5. The van der Waals surface area contributed by atoms with Crippen molar-refractivity contribution in [2.24, 2.45) is 10.8 Å². The van der Waals surface area contributed by atoms with Gasteiger partial charge in [0.2, 0.25) is 0 Å². The molecule has 304 valence electrons. The van der Waals surface area contributed by atoms with Gasteiger partial charge in [0.25, 0.3) is 0 Å². The Morgan fingerprint density at radius 3 is 0.922 bits per heavy atom. The fourth-order valence-corrected chi connectivity index (χ4v) is 7.58. The van der Waals surface area contributed by atoms with Crippen molar-refractivity contribution in [2.75, 3.05) is 19.8 Å². The van der Waals surface area contributed by atoms with Crippen LogP contribution in [0.15, 0.2) is 0 Å². The number of aliphatic carboxylic acids is 2. The number of carboxylic acids is 2. The minimum Gasteiger partial charge on any atom is -0.481 e. The van der Waals surface area contributed by atoms with E-state index in [1.165, 1.54) is 25.7 Å². The standard InChI is InChI=1S/C42H82O9/c1-41(34-43,35-44)42(36-45,32-24-16-14-20-28-37(46)26-18-10-6-2-4-8-12-22-30-39(48)49)33-25-17-15-21-29-38(47)27-19-11-7-3-5-9-13-23-31-40(50)51/h37-38,43-47H,2-36H2,1H3,(H,48,49)(H,50,51). The zero-order valence-corrected chi connectivity index (χ0v) is 32.9. The molecule has 9 nitrogen and oxygen atoms in total. The molecule has 2 unspecified atom stereocenters. The first-order valence-electron chi connectivity index (χ1n) is 21.2. The van der Waals surface area contributed by atoms with Gasteiger partial charge in [-0.25, -0.2) is 0 Å². The molecule has 0 aromatic carbocycles. The van der Waals surface area contributed by atoms with Gasteiger partial charge < -0.3 is 35.7 Å². The first kappa shape index (κ1) is 49.7. The maximum Gasteiger partial charge on any atom is 0.303 e. The molecule has 0 aromatic rings. The van der Waals surface area contributed by atoms with E-state index in [9.17, 15) is 35.1 Å². The Hall–Kier alpha value is -1.26. The molecule has 0 amide bonds. The van der Waals surface area contributed by atoms with Gasteiger partial charge in [-0.15, -0.1) is 0 Å². The molecule has 0 bridgehead atoms. The van der Waals surface area contributed by atoms with E-state index >= 15 is 0 Å². The van der Waals surface area contributed by atoms with Crippen LogP contribution in [0.3, 0.4) is 0 Å². The summed E-state index contributed by atoms with van der Waals surface area (Å²) < 4.78 is 0. The quantitative estimate of drug-likeness (QED) is 0.0303. The molecule has 0 saturated heterocycles. The van der Waals surface area contributed by atoms with E-state index < -0.39 is 22.8 Å². The molecule has 0 aliphatic heterocycles. The maximum absolute atomic E-state index is 10.6. The highest BCUT2D eigenvalue weighted by Gasteiger charge is 2.46. The van der Waals surface area contributed by atoms with Gasteiger partial charge in [0, 0.05) is 30.3 Å². The largest absolute Gasteiger partial charge is 0.481 e. The van der Waals surface area contributed by atoms with Gasteiger partial charge >= 0.3 is 11.9 Å². The minimum absolute atomic E-state index is 0.0580. The van der Waals surface area contributed by atoms with Crippen LogP contribution >= 0.6 is 0 Å². The molecular formula is C42H82O9. The van der Waals surface area contributed by atoms with Gasteiger partial charge in [-0.2, -0.15) is 0 Å². The van der Waals surface area contributed by atoms with E-state index in [0.29, 0.717) is 0 Å². The SMILES string of the molecule is CC(CO)(CO)C(CO)(CCCCCCC(O)CCCCCCCCCCC(=O)O)CCCCCCC(O)CCCCCCCCCCC(=O)O. The second kappa shape index (κ2) is 33.3. The summed E-state index contributed by atoms with van der Waals surface area (Å²) in [7, 11) is 0. The molecule has 0 aromatic heterocycles.